The molecule has 0 spiro atoms. The fourth-order valence-corrected chi connectivity index (χ4v) is 1.54. The maximum atomic E-state index is 11.8. The van der Waals surface area contributed by atoms with Crippen LogP contribution in [0.2, 0.25) is 0 Å². The van der Waals surface area contributed by atoms with Crippen molar-refractivity contribution in [3.8, 4) is 18.2 Å². The van der Waals surface area contributed by atoms with Crippen molar-refractivity contribution in [1.82, 2.24) is 4.90 Å². The van der Waals surface area contributed by atoms with E-state index in [9.17, 15) is 9.59 Å². The van der Waals surface area contributed by atoms with Crippen LogP contribution >= 0.6 is 0 Å². The van der Waals surface area contributed by atoms with E-state index < -0.39 is 23.5 Å². The minimum atomic E-state index is -1.05. The Hall–Kier alpha value is -3.11. The second kappa shape index (κ2) is 6.00. The average Bonchev–Trinajstić information content (AvgIpc) is 2.64. The third-order valence-corrected chi connectivity index (χ3v) is 2.33. The van der Waals surface area contributed by atoms with Gasteiger partial charge in [-0.3, -0.25) is 9.59 Å². The van der Waals surface area contributed by atoms with E-state index in [1.165, 1.54) is 0 Å². The van der Waals surface area contributed by atoms with Gasteiger partial charge in [0.15, 0.2) is 5.57 Å². The Kier molecular flexibility index (Phi) is 3.90. The van der Waals surface area contributed by atoms with Gasteiger partial charge >= 0.3 is 5.97 Å². The smallest absolute Gasteiger partial charge is 0.303 e. The molecule has 0 saturated heterocycles. The number of hydrogen-bond donors (Lipinski definition) is 1. The first-order valence-electron chi connectivity index (χ1n) is 5.67. The number of nitriles is 3. The maximum absolute atomic E-state index is 11.8. The Bertz CT molecular complexity index is 642. The van der Waals surface area contributed by atoms with Gasteiger partial charge in [-0.15, -0.1) is 0 Å². The van der Waals surface area contributed by atoms with Crippen LogP contribution < -0.4 is 0 Å². The zero-order chi connectivity index (χ0) is 15.3. The Morgan fingerprint density at radius 1 is 1.42 bits per heavy atom. The minimum Gasteiger partial charge on any atom is -0.481 e. The first-order chi connectivity index (χ1) is 9.47. The van der Waals surface area contributed by atoms with Gasteiger partial charge in [0, 0.05) is 19.0 Å². The number of rotatable bonds is 4. The van der Waals surface area contributed by atoms with Gasteiger partial charge in [-0.2, -0.15) is 15.8 Å². The number of carboxylic acid groups (broad SMARTS) is 1. The fraction of sp³-hybridized carbons (Fsp3) is 0.250. The third kappa shape index (κ3) is 2.96. The Morgan fingerprint density at radius 2 is 2.05 bits per heavy atom. The number of aliphatic carboxylic acids is 1. The summed E-state index contributed by atoms with van der Waals surface area (Å²) in [4.78, 5) is 23.2. The van der Waals surface area contributed by atoms with Crippen molar-refractivity contribution in [2.45, 2.75) is 12.8 Å². The molecule has 0 aromatic rings. The van der Waals surface area contributed by atoms with Crippen LogP contribution in [0.15, 0.2) is 22.9 Å². The molecule has 0 radical (unpaired) electrons. The molecule has 19 heavy (non-hydrogen) atoms. The highest BCUT2D eigenvalue weighted by atomic mass is 16.4. The van der Waals surface area contributed by atoms with E-state index in [4.69, 9.17) is 22.3 Å². The van der Waals surface area contributed by atoms with E-state index in [-0.39, 0.29) is 30.7 Å². The second-order valence-electron chi connectivity index (χ2n) is 3.51. The highest BCUT2D eigenvalue weighted by Crippen LogP contribution is 2.26. The zero-order valence-corrected chi connectivity index (χ0v) is 9.67. The van der Waals surface area contributed by atoms with Crippen molar-refractivity contribution in [2.75, 3.05) is 6.54 Å². The number of amides is 1. The Balaban J connectivity index is 3.20. The molecule has 94 valence electrons. The lowest BCUT2D eigenvalue weighted by Gasteiger charge is -2.18. The summed E-state index contributed by atoms with van der Waals surface area (Å²) in [6, 6.07) is 4.17. The van der Waals surface area contributed by atoms with Crippen LogP contribution in [0.4, 0.5) is 0 Å². The SMILES string of the molecule is [2H]C1=C(C#N)C(=C(C#N)C#N)N(CCCC(=O)O)C1=O. The molecule has 1 rings (SSSR count). The molecule has 1 aliphatic rings. The molecule has 1 aliphatic heterocycles. The Labute approximate surface area is 110 Å². The first kappa shape index (κ1) is 12.3. The summed E-state index contributed by atoms with van der Waals surface area (Å²) in [5.74, 6) is -1.87. The highest BCUT2D eigenvalue weighted by Gasteiger charge is 2.30. The van der Waals surface area contributed by atoms with E-state index in [0.717, 1.165) is 4.90 Å². The monoisotopic (exact) mass is 257 g/mol. The Morgan fingerprint density at radius 3 is 2.53 bits per heavy atom. The molecule has 0 aromatic carbocycles. The number of carbonyl (C=O) groups is 2. The first-order valence-corrected chi connectivity index (χ1v) is 5.17. The predicted octanol–water partition coefficient (Wildman–Crippen LogP) is 0.445. The molecule has 0 bridgehead atoms. The van der Waals surface area contributed by atoms with Crippen molar-refractivity contribution in [3.63, 3.8) is 0 Å². The van der Waals surface area contributed by atoms with Gasteiger partial charge in [0.25, 0.3) is 5.91 Å². The van der Waals surface area contributed by atoms with Crippen LogP contribution in [-0.4, -0.2) is 28.4 Å². The molecule has 1 amide bonds. The summed E-state index contributed by atoms with van der Waals surface area (Å²) in [5, 5.41) is 35.2. The lowest BCUT2D eigenvalue weighted by atomic mass is 10.1. The quantitative estimate of drug-likeness (QED) is 0.727. The van der Waals surface area contributed by atoms with Gasteiger partial charge in [-0.1, -0.05) is 0 Å². The number of hydrogen-bond acceptors (Lipinski definition) is 5. The summed E-state index contributed by atoms with van der Waals surface area (Å²) in [6.07, 6.45) is -0.124. The average molecular weight is 257 g/mol. The summed E-state index contributed by atoms with van der Waals surface area (Å²) in [6.45, 7) is -0.0825. The lowest BCUT2D eigenvalue weighted by Crippen LogP contribution is -2.27. The molecular formula is C12H8N4O3. The van der Waals surface area contributed by atoms with Crippen LogP contribution in [0, 0.1) is 34.0 Å². The van der Waals surface area contributed by atoms with E-state index in [2.05, 4.69) is 0 Å². The van der Waals surface area contributed by atoms with Crippen LogP contribution in [0.25, 0.3) is 0 Å². The van der Waals surface area contributed by atoms with Crippen molar-refractivity contribution in [1.29, 1.82) is 15.8 Å². The summed E-state index contributed by atoms with van der Waals surface area (Å²) in [7, 11) is 0. The maximum Gasteiger partial charge on any atom is 0.303 e. The summed E-state index contributed by atoms with van der Waals surface area (Å²) >= 11 is 0. The number of carbonyl (C=O) groups excluding carboxylic acids is 1. The molecular weight excluding hydrogens is 248 g/mol. The molecule has 7 heteroatoms. The normalized spacial score (nSPS) is 14.6. The molecule has 0 aromatic heterocycles. The topological polar surface area (TPSA) is 129 Å². The summed E-state index contributed by atoms with van der Waals surface area (Å²) in [5.41, 5.74) is -1.01. The fourth-order valence-electron chi connectivity index (χ4n) is 1.54. The molecule has 0 unspecified atom stereocenters. The van der Waals surface area contributed by atoms with E-state index in [1.54, 1.807) is 18.2 Å². The minimum absolute atomic E-state index is 0.0825. The highest BCUT2D eigenvalue weighted by molar-refractivity contribution is 5.96. The van der Waals surface area contributed by atoms with Gasteiger partial charge in [0.2, 0.25) is 0 Å². The molecule has 0 fully saturated rings. The molecule has 1 heterocycles. The van der Waals surface area contributed by atoms with E-state index in [1.807, 2.05) is 0 Å². The van der Waals surface area contributed by atoms with Gasteiger partial charge in [0.05, 0.1) is 12.6 Å². The molecule has 0 atom stereocenters. The number of carboxylic acids is 1. The second-order valence-corrected chi connectivity index (χ2v) is 3.51. The number of allylic oxidation sites excluding steroid dienone is 2. The van der Waals surface area contributed by atoms with Crippen molar-refractivity contribution in [3.05, 3.63) is 22.9 Å². The third-order valence-electron chi connectivity index (χ3n) is 2.33. The number of nitrogens with zero attached hydrogens (tertiary/aromatic N) is 4. The molecule has 0 saturated carbocycles. The van der Waals surface area contributed by atoms with Gasteiger partial charge < -0.3 is 10.0 Å². The van der Waals surface area contributed by atoms with Crippen molar-refractivity contribution in [2.24, 2.45) is 0 Å². The standard InChI is InChI=1S/C12H8N4O3/c13-5-8-4-10(17)16(3-1-2-11(18)19)12(8)9(6-14)7-15/h4H,1-3H2,(H,18,19)/i4D. The van der Waals surface area contributed by atoms with Crippen LogP contribution in [0.5, 0.6) is 0 Å². The largest absolute Gasteiger partial charge is 0.481 e. The van der Waals surface area contributed by atoms with Crippen LogP contribution in [-0.2, 0) is 9.59 Å². The van der Waals surface area contributed by atoms with Gasteiger partial charge in [-0.05, 0) is 6.42 Å². The summed E-state index contributed by atoms with van der Waals surface area (Å²) < 4.78 is 7.52. The molecule has 0 aliphatic carbocycles. The predicted molar refractivity (Wildman–Crippen MR) is 60.5 cm³/mol. The van der Waals surface area contributed by atoms with Crippen molar-refractivity contribution >= 4 is 11.9 Å². The lowest BCUT2D eigenvalue weighted by molar-refractivity contribution is -0.137. The van der Waals surface area contributed by atoms with E-state index >= 15 is 0 Å². The molecule has 1 N–H and O–H groups in total. The van der Waals surface area contributed by atoms with Gasteiger partial charge in [0.1, 0.15) is 18.2 Å². The van der Waals surface area contributed by atoms with E-state index in [0.29, 0.717) is 0 Å². The van der Waals surface area contributed by atoms with Crippen LogP contribution in [0.1, 0.15) is 14.2 Å². The van der Waals surface area contributed by atoms with Crippen LogP contribution in [0.3, 0.4) is 0 Å². The molecule has 7 nitrogen and oxygen atoms in total. The van der Waals surface area contributed by atoms with Crippen molar-refractivity contribution < 1.29 is 16.1 Å². The zero-order valence-electron chi connectivity index (χ0n) is 10.7. The van der Waals surface area contributed by atoms with Gasteiger partial charge in [-0.25, -0.2) is 0 Å².